The zero-order chi connectivity index (χ0) is 22.2. The Balaban J connectivity index is 1.77. The van der Waals surface area contributed by atoms with Gasteiger partial charge in [-0.3, -0.25) is 0 Å². The van der Waals surface area contributed by atoms with Crippen LogP contribution in [0.1, 0.15) is 23.4 Å². The van der Waals surface area contributed by atoms with E-state index in [1.807, 2.05) is 0 Å². The van der Waals surface area contributed by atoms with Crippen molar-refractivity contribution in [3.63, 3.8) is 0 Å². The molecule has 3 heterocycles. The van der Waals surface area contributed by atoms with E-state index >= 15 is 0 Å². The Morgan fingerprint density at radius 3 is 2.61 bits per heavy atom. The van der Waals surface area contributed by atoms with Crippen LogP contribution in [0, 0.1) is 4.91 Å². The largest absolute Gasteiger partial charge is 0.416 e. The fourth-order valence-electron chi connectivity index (χ4n) is 3.58. The zero-order valence-electron chi connectivity index (χ0n) is 16.3. The number of anilines is 1. The molecular formula is C19H19F4N7O. The van der Waals surface area contributed by atoms with Crippen molar-refractivity contribution in [3.8, 4) is 0 Å². The molecule has 0 saturated carbocycles. The van der Waals surface area contributed by atoms with Gasteiger partial charge in [0.2, 0.25) is 5.95 Å². The molecule has 0 aliphatic carbocycles. The summed E-state index contributed by atoms with van der Waals surface area (Å²) in [6.45, 7) is 0.466. The summed E-state index contributed by atoms with van der Waals surface area (Å²) in [6.07, 6.45) is -2.59. The first kappa shape index (κ1) is 21.1. The monoisotopic (exact) mass is 437 g/mol. The average Bonchev–Trinajstić information content (AvgIpc) is 3.09. The van der Waals surface area contributed by atoms with Gasteiger partial charge in [0.25, 0.3) is 0 Å². The second-order valence-corrected chi connectivity index (χ2v) is 7.41. The van der Waals surface area contributed by atoms with E-state index in [0.717, 1.165) is 12.1 Å². The molecule has 12 heteroatoms. The molecule has 1 fully saturated rings. The normalized spacial score (nSPS) is 19.7. The summed E-state index contributed by atoms with van der Waals surface area (Å²) in [5, 5.41) is 2.77. The van der Waals surface area contributed by atoms with Crippen LogP contribution in [0.2, 0.25) is 0 Å². The van der Waals surface area contributed by atoms with Gasteiger partial charge < -0.3 is 15.2 Å². The lowest BCUT2D eigenvalue weighted by molar-refractivity contribution is -0.137. The molecule has 8 nitrogen and oxygen atoms in total. The molecule has 1 aromatic carbocycles. The highest BCUT2D eigenvalue weighted by Gasteiger charge is 2.33. The second-order valence-electron chi connectivity index (χ2n) is 7.41. The Hall–Kier alpha value is -3.15. The van der Waals surface area contributed by atoms with Crippen LogP contribution in [0.25, 0.3) is 11.0 Å². The average molecular weight is 437 g/mol. The zero-order valence-corrected chi connectivity index (χ0v) is 16.3. The molecule has 1 aliphatic heterocycles. The van der Waals surface area contributed by atoms with Crippen LogP contribution in [0.5, 0.6) is 0 Å². The van der Waals surface area contributed by atoms with Gasteiger partial charge in [0, 0.05) is 31.0 Å². The van der Waals surface area contributed by atoms with Crippen LogP contribution in [0.4, 0.5) is 23.5 Å². The first-order chi connectivity index (χ1) is 14.8. The Kier molecular flexibility index (Phi) is 5.56. The van der Waals surface area contributed by atoms with Crippen LogP contribution in [-0.4, -0.2) is 44.8 Å². The minimum Gasteiger partial charge on any atom is -0.340 e. The number of halogens is 4. The number of benzene rings is 1. The molecule has 1 aliphatic rings. The summed E-state index contributed by atoms with van der Waals surface area (Å²) >= 11 is 0. The molecule has 1 saturated heterocycles. The van der Waals surface area contributed by atoms with E-state index in [4.69, 9.17) is 5.73 Å². The Labute approximate surface area is 174 Å². The number of piperidine rings is 1. The van der Waals surface area contributed by atoms with E-state index in [9.17, 15) is 22.5 Å². The minimum atomic E-state index is -4.52. The number of hydrogen-bond donors (Lipinski definition) is 1. The Bertz CT molecular complexity index is 1080. The third kappa shape index (κ3) is 4.33. The molecular weight excluding hydrogens is 418 g/mol. The molecule has 0 amide bonds. The number of nitrogens with two attached hydrogens (primary N) is 1. The Morgan fingerprint density at radius 2 is 1.97 bits per heavy atom. The summed E-state index contributed by atoms with van der Waals surface area (Å²) in [5.41, 5.74) is 6.20. The predicted octanol–water partition coefficient (Wildman–Crippen LogP) is 3.04. The summed E-state index contributed by atoms with van der Waals surface area (Å²) in [5.74, 6) is 0.691. The SMILES string of the molecule is N[C@@H]1CN(c2nc3ccc(C(F)(F)F)cc3n2Cc2ncc(CN=O)cn2)CC[C@@H]1F. The topological polar surface area (TPSA) is 102 Å². The lowest BCUT2D eigenvalue weighted by atomic mass is 10.1. The van der Waals surface area contributed by atoms with Crippen molar-refractivity contribution in [2.45, 2.75) is 37.9 Å². The molecule has 164 valence electrons. The highest BCUT2D eigenvalue weighted by atomic mass is 19.4. The van der Waals surface area contributed by atoms with Gasteiger partial charge in [0.1, 0.15) is 18.5 Å². The number of rotatable bonds is 5. The number of nitroso groups, excluding NO2 is 1. The van der Waals surface area contributed by atoms with Crippen molar-refractivity contribution in [3.05, 3.63) is 52.5 Å². The van der Waals surface area contributed by atoms with Gasteiger partial charge in [0.15, 0.2) is 0 Å². The van der Waals surface area contributed by atoms with E-state index in [-0.39, 0.29) is 31.6 Å². The van der Waals surface area contributed by atoms with Crippen LogP contribution >= 0.6 is 0 Å². The van der Waals surface area contributed by atoms with Crippen LogP contribution in [0.3, 0.4) is 0 Å². The van der Waals surface area contributed by atoms with Crippen molar-refractivity contribution < 1.29 is 17.6 Å². The summed E-state index contributed by atoms with van der Waals surface area (Å²) in [4.78, 5) is 25.0. The van der Waals surface area contributed by atoms with Crippen molar-refractivity contribution >= 4 is 17.0 Å². The maximum Gasteiger partial charge on any atom is 0.416 e. The molecule has 2 aromatic heterocycles. The quantitative estimate of drug-likeness (QED) is 0.486. The standard InChI is InChI=1S/C19H19F4N7O/c20-13-3-4-29(9-14(13)24)18-28-15-2-1-12(19(21,22)23)5-16(15)30(18)10-17-25-6-11(7-26-17)8-27-31/h1-2,5-7,13-14H,3-4,8-10,24H2/t13-,14+/m0/s1. The second kappa shape index (κ2) is 8.17. The number of aromatic nitrogens is 4. The van der Waals surface area contributed by atoms with Crippen LogP contribution < -0.4 is 10.6 Å². The van der Waals surface area contributed by atoms with Crippen molar-refractivity contribution in [1.82, 2.24) is 19.5 Å². The van der Waals surface area contributed by atoms with Crippen LogP contribution in [-0.2, 0) is 19.3 Å². The van der Waals surface area contributed by atoms with Crippen molar-refractivity contribution in [1.29, 1.82) is 0 Å². The molecule has 3 aromatic rings. The van der Waals surface area contributed by atoms with Crippen molar-refractivity contribution in [2.75, 3.05) is 18.0 Å². The smallest absolute Gasteiger partial charge is 0.340 e. The molecule has 0 bridgehead atoms. The highest BCUT2D eigenvalue weighted by Crippen LogP contribution is 2.33. The summed E-state index contributed by atoms with van der Waals surface area (Å²) < 4.78 is 55.3. The first-order valence-corrected chi connectivity index (χ1v) is 9.57. The number of alkyl halides is 4. The van der Waals surface area contributed by atoms with Crippen molar-refractivity contribution in [2.24, 2.45) is 10.9 Å². The molecule has 2 atom stereocenters. The third-order valence-corrected chi connectivity index (χ3v) is 5.21. The van der Waals surface area contributed by atoms with Gasteiger partial charge in [-0.05, 0) is 24.6 Å². The van der Waals surface area contributed by atoms with E-state index in [1.54, 1.807) is 9.47 Å². The minimum absolute atomic E-state index is 0.0345. The predicted molar refractivity (Wildman–Crippen MR) is 105 cm³/mol. The van der Waals surface area contributed by atoms with Gasteiger partial charge in [-0.15, -0.1) is 0 Å². The molecule has 2 N–H and O–H groups in total. The fraction of sp³-hybridized carbons (Fsp3) is 0.421. The third-order valence-electron chi connectivity index (χ3n) is 5.21. The van der Waals surface area contributed by atoms with Gasteiger partial charge in [-0.1, -0.05) is 5.18 Å². The lowest BCUT2D eigenvalue weighted by Crippen LogP contribution is -2.50. The molecule has 4 rings (SSSR count). The van der Waals surface area contributed by atoms with E-state index in [2.05, 4.69) is 20.1 Å². The number of nitrogens with zero attached hydrogens (tertiary/aromatic N) is 6. The fourth-order valence-corrected chi connectivity index (χ4v) is 3.58. The molecule has 0 radical (unpaired) electrons. The Morgan fingerprint density at radius 1 is 1.23 bits per heavy atom. The number of fused-ring (bicyclic) bond motifs is 1. The molecule has 0 spiro atoms. The summed E-state index contributed by atoms with van der Waals surface area (Å²) in [7, 11) is 0. The van der Waals surface area contributed by atoms with E-state index < -0.39 is 24.0 Å². The van der Waals surface area contributed by atoms with Crippen LogP contribution in [0.15, 0.2) is 35.8 Å². The van der Waals surface area contributed by atoms with E-state index in [1.165, 1.54) is 18.5 Å². The lowest BCUT2D eigenvalue weighted by Gasteiger charge is -2.34. The summed E-state index contributed by atoms with van der Waals surface area (Å²) in [6, 6.07) is 2.58. The first-order valence-electron chi connectivity index (χ1n) is 9.57. The molecule has 31 heavy (non-hydrogen) atoms. The van der Waals surface area contributed by atoms with Gasteiger partial charge in [-0.25, -0.2) is 19.3 Å². The van der Waals surface area contributed by atoms with Gasteiger partial charge in [-0.2, -0.15) is 18.1 Å². The van der Waals surface area contributed by atoms with Gasteiger partial charge >= 0.3 is 6.18 Å². The van der Waals surface area contributed by atoms with Gasteiger partial charge in [0.05, 0.1) is 29.2 Å². The maximum absolute atomic E-state index is 13.8. The molecule has 0 unspecified atom stereocenters. The maximum atomic E-state index is 13.8. The highest BCUT2D eigenvalue weighted by molar-refractivity contribution is 5.80. The van der Waals surface area contributed by atoms with E-state index in [0.29, 0.717) is 29.4 Å². The number of imidazole rings is 1. The number of hydrogen-bond acceptors (Lipinski definition) is 7.